The molecule has 9 heteroatoms. The molecule has 0 bridgehead atoms. The second-order valence-corrected chi connectivity index (χ2v) is 4.88. The van der Waals surface area contributed by atoms with E-state index in [-0.39, 0.29) is 17.1 Å². The fourth-order valence-electron chi connectivity index (χ4n) is 0.909. The van der Waals surface area contributed by atoms with Gasteiger partial charge in [0.2, 0.25) is 0 Å². The molecule has 0 fully saturated rings. The predicted molar refractivity (Wildman–Crippen MR) is 58.6 cm³/mol. The maximum Gasteiger partial charge on any atom is 0.401 e. The number of hydrogen-bond acceptors (Lipinski definition) is 6. The molecular weight excluding hydrogens is 279 g/mol. The van der Waals surface area contributed by atoms with Gasteiger partial charge in [-0.1, -0.05) is 0 Å². The Bertz CT molecular complexity index is 514. The van der Waals surface area contributed by atoms with Crippen LogP contribution in [-0.2, 0) is 13.9 Å². The number of phenols is 1. The zero-order valence-corrected chi connectivity index (χ0v) is 10.3. The highest BCUT2D eigenvalue weighted by atomic mass is 35.7. The minimum absolute atomic E-state index is 0.210. The molecule has 1 unspecified atom stereocenters. The Kier molecular flexibility index (Phi) is 3.96. The summed E-state index contributed by atoms with van der Waals surface area (Å²) in [5, 5.41) is 9.29. The Morgan fingerprint density at radius 3 is 2.56 bits per heavy atom. The monoisotopic (exact) mass is 284 g/mol. The maximum absolute atomic E-state index is 11.1. The predicted octanol–water partition coefficient (Wildman–Crippen LogP) is 1.20. The Morgan fingerprint density at radius 2 is 2.06 bits per heavy atom. The highest BCUT2D eigenvalue weighted by Crippen LogP contribution is 2.25. The summed E-state index contributed by atoms with van der Waals surface area (Å²) in [6.45, 7) is 0. The molecule has 0 saturated heterocycles. The Balaban J connectivity index is 3.12. The zero-order chi connectivity index (χ0) is 12.3. The molecule has 0 amide bonds. The van der Waals surface area contributed by atoms with Crippen LogP contribution >= 0.6 is 20.1 Å². The van der Waals surface area contributed by atoms with Gasteiger partial charge in [0, 0.05) is 6.07 Å². The molecule has 1 rings (SSSR count). The number of aromatic hydroxyl groups is 1. The van der Waals surface area contributed by atoms with Crippen molar-refractivity contribution in [2.24, 2.45) is 0 Å². The first-order valence-corrected chi connectivity index (χ1v) is 6.42. The summed E-state index contributed by atoms with van der Waals surface area (Å²) in [6, 6.07) is 3.20. The Morgan fingerprint density at radius 1 is 1.44 bits per heavy atom. The van der Waals surface area contributed by atoms with Gasteiger partial charge in [-0.25, -0.2) is 4.79 Å². The summed E-state index contributed by atoms with van der Waals surface area (Å²) < 4.78 is 29.8. The molecule has 0 radical (unpaired) electrons. The van der Waals surface area contributed by atoms with Gasteiger partial charge in [0.15, 0.2) is 0 Å². The van der Waals surface area contributed by atoms with Gasteiger partial charge in [-0.2, -0.15) is 8.42 Å². The standard InChI is InChI=1S/C7H6ClO6PS/c8-16(11,12)14-4-1-2-6(9)5(3-4)7(10)13-15/h1-3,9H,15H2. The lowest BCUT2D eigenvalue weighted by atomic mass is 10.2. The number of phenolic OH excluding ortho intramolecular Hbond substituents is 1. The van der Waals surface area contributed by atoms with Gasteiger partial charge in [0.25, 0.3) is 0 Å². The lowest BCUT2D eigenvalue weighted by Crippen LogP contribution is -2.03. The second-order valence-electron chi connectivity index (χ2n) is 2.56. The van der Waals surface area contributed by atoms with Crippen molar-refractivity contribution < 1.29 is 27.0 Å². The molecule has 0 aromatic heterocycles. The number of carbonyl (C=O) groups is 1. The van der Waals surface area contributed by atoms with Crippen molar-refractivity contribution in [1.82, 2.24) is 0 Å². The lowest BCUT2D eigenvalue weighted by molar-refractivity contribution is 0.0762. The van der Waals surface area contributed by atoms with Gasteiger partial charge in [0.1, 0.15) is 17.1 Å². The van der Waals surface area contributed by atoms with Crippen LogP contribution in [0.15, 0.2) is 18.2 Å². The minimum atomic E-state index is -4.21. The van der Waals surface area contributed by atoms with E-state index in [0.29, 0.717) is 0 Å². The molecule has 1 aromatic carbocycles. The van der Waals surface area contributed by atoms with E-state index in [0.717, 1.165) is 18.2 Å². The van der Waals surface area contributed by atoms with Crippen LogP contribution < -0.4 is 4.18 Å². The van der Waals surface area contributed by atoms with Crippen LogP contribution in [0.3, 0.4) is 0 Å². The molecule has 6 nitrogen and oxygen atoms in total. The molecule has 88 valence electrons. The van der Waals surface area contributed by atoms with E-state index in [1.54, 1.807) is 9.47 Å². The van der Waals surface area contributed by atoms with Crippen LogP contribution in [0.5, 0.6) is 11.5 Å². The quantitative estimate of drug-likeness (QED) is 0.662. The summed E-state index contributed by atoms with van der Waals surface area (Å²) in [7, 11) is 2.33. The number of benzene rings is 1. The largest absolute Gasteiger partial charge is 0.507 e. The summed E-state index contributed by atoms with van der Waals surface area (Å²) >= 11 is 0. The van der Waals surface area contributed by atoms with E-state index >= 15 is 0 Å². The van der Waals surface area contributed by atoms with Gasteiger partial charge >= 0.3 is 15.3 Å². The summed E-state index contributed by atoms with van der Waals surface area (Å²) in [5.74, 6) is -1.44. The van der Waals surface area contributed by atoms with Crippen molar-refractivity contribution in [1.29, 1.82) is 0 Å². The van der Waals surface area contributed by atoms with Crippen LogP contribution in [-0.4, -0.2) is 19.5 Å². The van der Waals surface area contributed by atoms with Crippen molar-refractivity contribution in [2.75, 3.05) is 0 Å². The molecule has 1 atom stereocenters. The molecule has 0 heterocycles. The third-order valence-electron chi connectivity index (χ3n) is 1.49. The van der Waals surface area contributed by atoms with Crippen molar-refractivity contribution in [3.8, 4) is 11.5 Å². The van der Waals surface area contributed by atoms with Crippen LogP contribution in [0.2, 0.25) is 0 Å². The molecule has 0 aliphatic rings. The van der Waals surface area contributed by atoms with Crippen molar-refractivity contribution in [3.63, 3.8) is 0 Å². The molecule has 1 N–H and O–H groups in total. The smallest absolute Gasteiger partial charge is 0.401 e. The average Bonchev–Trinajstić information content (AvgIpc) is 2.18. The van der Waals surface area contributed by atoms with Crippen molar-refractivity contribution >= 4 is 35.5 Å². The number of hydrogen-bond donors (Lipinski definition) is 1. The number of rotatable bonds is 3. The molecule has 0 aliphatic carbocycles. The van der Waals surface area contributed by atoms with Crippen molar-refractivity contribution in [3.05, 3.63) is 23.8 Å². The molecular formula is C7H6ClO6PS. The minimum Gasteiger partial charge on any atom is -0.507 e. The van der Waals surface area contributed by atoms with E-state index in [1.807, 2.05) is 0 Å². The van der Waals surface area contributed by atoms with E-state index < -0.39 is 15.3 Å². The molecule has 0 saturated carbocycles. The third kappa shape index (κ3) is 3.52. The zero-order valence-electron chi connectivity index (χ0n) is 7.58. The van der Waals surface area contributed by atoms with E-state index in [2.05, 4.69) is 8.71 Å². The first-order valence-electron chi connectivity index (χ1n) is 3.71. The highest BCUT2D eigenvalue weighted by molar-refractivity contribution is 8.10. The molecule has 16 heavy (non-hydrogen) atoms. The van der Waals surface area contributed by atoms with Gasteiger partial charge < -0.3 is 13.8 Å². The maximum atomic E-state index is 11.1. The van der Waals surface area contributed by atoms with E-state index in [4.69, 9.17) is 10.7 Å². The lowest BCUT2D eigenvalue weighted by Gasteiger charge is -2.05. The average molecular weight is 285 g/mol. The van der Waals surface area contributed by atoms with Gasteiger partial charge in [-0.15, -0.1) is 0 Å². The summed E-state index contributed by atoms with van der Waals surface area (Å²) in [4.78, 5) is 11.1. The fraction of sp³-hybridized carbons (Fsp3) is 0. The normalized spacial score (nSPS) is 10.9. The van der Waals surface area contributed by atoms with E-state index in [9.17, 15) is 18.3 Å². The first kappa shape index (κ1) is 13.0. The third-order valence-corrected chi connectivity index (χ3v) is 2.29. The molecule has 0 spiro atoms. The van der Waals surface area contributed by atoms with Crippen LogP contribution in [0.25, 0.3) is 0 Å². The summed E-state index contributed by atoms with van der Waals surface area (Å²) in [6.07, 6.45) is 0. The Labute approximate surface area is 98.0 Å². The Hall–Kier alpha value is -1.04. The van der Waals surface area contributed by atoms with Crippen molar-refractivity contribution in [2.45, 2.75) is 0 Å². The van der Waals surface area contributed by atoms with Crippen LogP contribution in [0.1, 0.15) is 10.4 Å². The van der Waals surface area contributed by atoms with Crippen LogP contribution in [0.4, 0.5) is 0 Å². The number of carbonyl (C=O) groups excluding carboxylic acids is 1. The van der Waals surface area contributed by atoms with E-state index in [1.165, 1.54) is 0 Å². The molecule has 0 aliphatic heterocycles. The van der Waals surface area contributed by atoms with Gasteiger partial charge in [-0.3, -0.25) is 0 Å². The SMILES string of the molecule is O=C(OP)c1cc(OS(=O)(=O)Cl)ccc1O. The molecule has 1 aromatic rings. The number of halogens is 1. The van der Waals surface area contributed by atoms with Crippen LogP contribution in [0, 0.1) is 0 Å². The highest BCUT2D eigenvalue weighted by Gasteiger charge is 2.15. The first-order chi connectivity index (χ1) is 7.33. The summed E-state index contributed by atoms with van der Waals surface area (Å²) in [5.41, 5.74) is -0.243. The second kappa shape index (κ2) is 4.86. The van der Waals surface area contributed by atoms with Gasteiger partial charge in [-0.05, 0) is 12.1 Å². The topological polar surface area (TPSA) is 89.9 Å². The van der Waals surface area contributed by atoms with Gasteiger partial charge in [0.05, 0.1) is 20.1 Å². The fourth-order valence-corrected chi connectivity index (χ4v) is 1.59.